The Bertz CT molecular complexity index is 1140. The SMILES string of the molecule is CCOC(=O)C1=C(Nc2ccc(C)cc2)CC(C)(O)C(C(=O)OCC)C1c1cccc([N+](=O)[O-])c1. The van der Waals surface area contributed by atoms with Crippen LogP contribution >= 0.6 is 0 Å². The van der Waals surface area contributed by atoms with Crippen molar-refractivity contribution in [3.63, 3.8) is 0 Å². The number of esters is 2. The summed E-state index contributed by atoms with van der Waals surface area (Å²) in [5.41, 5.74) is 0.699. The van der Waals surface area contributed by atoms with Crippen molar-refractivity contribution in [3.05, 3.63) is 81.0 Å². The van der Waals surface area contributed by atoms with E-state index < -0.39 is 34.3 Å². The second-order valence-electron chi connectivity index (χ2n) is 8.70. The number of aliphatic hydroxyl groups is 1. The van der Waals surface area contributed by atoms with Crippen LogP contribution in [0.2, 0.25) is 0 Å². The van der Waals surface area contributed by atoms with Gasteiger partial charge in [0.05, 0.1) is 35.2 Å². The van der Waals surface area contributed by atoms with Crippen LogP contribution in [-0.4, -0.2) is 40.8 Å². The van der Waals surface area contributed by atoms with E-state index >= 15 is 0 Å². The van der Waals surface area contributed by atoms with E-state index in [0.29, 0.717) is 16.9 Å². The van der Waals surface area contributed by atoms with Gasteiger partial charge in [0.25, 0.3) is 5.69 Å². The number of aryl methyl sites for hydroxylation is 1. The number of hydrogen-bond donors (Lipinski definition) is 2. The molecule has 9 heteroatoms. The molecule has 0 heterocycles. The number of nitro benzene ring substituents is 1. The van der Waals surface area contributed by atoms with Gasteiger partial charge in [-0.3, -0.25) is 14.9 Å². The zero-order valence-corrected chi connectivity index (χ0v) is 20.2. The third-order valence-corrected chi connectivity index (χ3v) is 6.00. The fourth-order valence-corrected chi connectivity index (χ4v) is 4.47. The van der Waals surface area contributed by atoms with E-state index in [1.807, 2.05) is 31.2 Å². The molecular formula is C26H30N2O7. The minimum absolute atomic E-state index is 0.0655. The van der Waals surface area contributed by atoms with Crippen LogP contribution in [0.25, 0.3) is 0 Å². The topological polar surface area (TPSA) is 128 Å². The van der Waals surface area contributed by atoms with E-state index in [1.165, 1.54) is 25.1 Å². The van der Waals surface area contributed by atoms with E-state index in [1.54, 1.807) is 19.9 Å². The first kappa shape index (κ1) is 25.9. The van der Waals surface area contributed by atoms with Crippen molar-refractivity contribution in [1.29, 1.82) is 0 Å². The van der Waals surface area contributed by atoms with Gasteiger partial charge in [0.1, 0.15) is 0 Å². The number of rotatable bonds is 8. The monoisotopic (exact) mass is 482 g/mol. The first-order valence-electron chi connectivity index (χ1n) is 11.5. The predicted octanol–water partition coefficient (Wildman–Crippen LogP) is 4.25. The Morgan fingerprint density at radius 1 is 1.14 bits per heavy atom. The number of non-ortho nitro benzene ring substituents is 1. The van der Waals surface area contributed by atoms with E-state index in [2.05, 4.69) is 5.32 Å². The number of ether oxygens (including phenoxy) is 2. The number of hydrogen-bond acceptors (Lipinski definition) is 8. The van der Waals surface area contributed by atoms with E-state index in [4.69, 9.17) is 9.47 Å². The summed E-state index contributed by atoms with van der Waals surface area (Å²) in [6.45, 7) is 6.90. The highest BCUT2D eigenvalue weighted by molar-refractivity contribution is 5.94. The van der Waals surface area contributed by atoms with Gasteiger partial charge in [-0.05, 0) is 45.4 Å². The first-order chi connectivity index (χ1) is 16.6. The molecule has 0 amide bonds. The lowest BCUT2D eigenvalue weighted by Gasteiger charge is -2.43. The maximum Gasteiger partial charge on any atom is 0.336 e. The average molecular weight is 483 g/mol. The van der Waals surface area contributed by atoms with Gasteiger partial charge < -0.3 is 19.9 Å². The molecule has 2 N–H and O–H groups in total. The molecule has 0 aliphatic heterocycles. The van der Waals surface area contributed by atoms with Crippen LogP contribution in [0, 0.1) is 23.0 Å². The highest BCUT2D eigenvalue weighted by Crippen LogP contribution is 2.48. The molecule has 186 valence electrons. The summed E-state index contributed by atoms with van der Waals surface area (Å²) in [7, 11) is 0. The van der Waals surface area contributed by atoms with Crippen molar-refractivity contribution < 1.29 is 29.1 Å². The number of benzene rings is 2. The zero-order chi connectivity index (χ0) is 25.8. The van der Waals surface area contributed by atoms with Gasteiger partial charge in [-0.2, -0.15) is 0 Å². The third kappa shape index (κ3) is 5.68. The minimum Gasteiger partial charge on any atom is -0.466 e. The summed E-state index contributed by atoms with van der Waals surface area (Å²) in [5.74, 6) is -3.63. The lowest BCUT2D eigenvalue weighted by molar-refractivity contribution is -0.384. The molecular weight excluding hydrogens is 452 g/mol. The Hall–Kier alpha value is -3.72. The molecule has 3 atom stereocenters. The fourth-order valence-electron chi connectivity index (χ4n) is 4.47. The second-order valence-corrected chi connectivity index (χ2v) is 8.70. The van der Waals surface area contributed by atoms with Crippen LogP contribution in [0.5, 0.6) is 0 Å². The smallest absolute Gasteiger partial charge is 0.336 e. The number of nitrogens with zero attached hydrogens (tertiary/aromatic N) is 1. The molecule has 0 saturated heterocycles. The molecule has 9 nitrogen and oxygen atoms in total. The molecule has 0 saturated carbocycles. The molecule has 35 heavy (non-hydrogen) atoms. The molecule has 2 aromatic rings. The van der Waals surface area contributed by atoms with Crippen LogP contribution in [-0.2, 0) is 19.1 Å². The number of nitrogens with one attached hydrogen (secondary N) is 1. The van der Waals surface area contributed by atoms with Crippen LogP contribution in [0.4, 0.5) is 11.4 Å². The highest BCUT2D eigenvalue weighted by Gasteiger charge is 2.52. The molecule has 0 spiro atoms. The Morgan fingerprint density at radius 2 is 1.80 bits per heavy atom. The molecule has 0 bridgehead atoms. The van der Waals surface area contributed by atoms with Crippen molar-refractivity contribution in [1.82, 2.24) is 0 Å². The number of carbonyl (C=O) groups is 2. The normalized spacial score (nSPS) is 21.9. The predicted molar refractivity (Wildman–Crippen MR) is 130 cm³/mol. The van der Waals surface area contributed by atoms with Crippen LogP contribution in [0.15, 0.2) is 59.8 Å². The van der Waals surface area contributed by atoms with Crippen molar-refractivity contribution in [2.75, 3.05) is 18.5 Å². The van der Waals surface area contributed by atoms with Crippen molar-refractivity contribution in [2.24, 2.45) is 5.92 Å². The van der Waals surface area contributed by atoms with Crippen LogP contribution < -0.4 is 5.32 Å². The third-order valence-electron chi connectivity index (χ3n) is 6.00. The van der Waals surface area contributed by atoms with Gasteiger partial charge in [-0.1, -0.05) is 29.8 Å². The number of nitro groups is 1. The van der Waals surface area contributed by atoms with Crippen molar-refractivity contribution in [3.8, 4) is 0 Å². The van der Waals surface area contributed by atoms with E-state index in [9.17, 15) is 24.8 Å². The molecule has 3 rings (SSSR count). The minimum atomic E-state index is -1.63. The first-order valence-corrected chi connectivity index (χ1v) is 11.5. The largest absolute Gasteiger partial charge is 0.466 e. The molecule has 2 aromatic carbocycles. The standard InChI is InChI=1S/C26H30N2O7/c1-5-34-24(29)22-20(27-18-12-10-16(3)11-13-18)15-26(4,31)23(25(30)35-6-2)21(22)17-8-7-9-19(14-17)28(32)33/h7-14,21,23,27,31H,5-6,15H2,1-4H3. The summed E-state index contributed by atoms with van der Waals surface area (Å²) in [6.07, 6.45) is -0.0655. The van der Waals surface area contributed by atoms with Gasteiger partial charge in [-0.25, -0.2) is 4.79 Å². The fraction of sp³-hybridized carbons (Fsp3) is 0.385. The molecule has 0 radical (unpaired) electrons. The molecule has 3 unspecified atom stereocenters. The summed E-state index contributed by atoms with van der Waals surface area (Å²) >= 11 is 0. The summed E-state index contributed by atoms with van der Waals surface area (Å²) in [5, 5.41) is 26.2. The molecule has 1 aliphatic rings. The second kappa shape index (κ2) is 10.7. The quantitative estimate of drug-likeness (QED) is 0.325. The van der Waals surface area contributed by atoms with Gasteiger partial charge in [0, 0.05) is 35.9 Å². The molecule has 0 fully saturated rings. The Labute approximate surface area is 203 Å². The maximum absolute atomic E-state index is 13.3. The van der Waals surface area contributed by atoms with Gasteiger partial charge in [0.15, 0.2) is 0 Å². The number of carbonyl (C=O) groups excluding carboxylic acids is 2. The lowest BCUT2D eigenvalue weighted by atomic mass is 9.65. The van der Waals surface area contributed by atoms with Crippen LogP contribution in [0.1, 0.15) is 44.2 Å². The molecule has 1 aliphatic carbocycles. The van der Waals surface area contributed by atoms with E-state index in [0.717, 1.165) is 5.56 Å². The Morgan fingerprint density at radius 3 is 2.40 bits per heavy atom. The van der Waals surface area contributed by atoms with E-state index in [-0.39, 0.29) is 30.9 Å². The molecule has 0 aromatic heterocycles. The maximum atomic E-state index is 13.3. The Kier molecular flexibility index (Phi) is 7.91. The lowest BCUT2D eigenvalue weighted by Crippen LogP contribution is -2.49. The van der Waals surface area contributed by atoms with Gasteiger partial charge in [0.2, 0.25) is 0 Å². The summed E-state index contributed by atoms with van der Waals surface area (Å²) in [6, 6.07) is 13.2. The highest BCUT2D eigenvalue weighted by atomic mass is 16.6. The van der Waals surface area contributed by atoms with Gasteiger partial charge in [-0.15, -0.1) is 0 Å². The van der Waals surface area contributed by atoms with Crippen molar-refractivity contribution in [2.45, 2.75) is 45.6 Å². The van der Waals surface area contributed by atoms with Gasteiger partial charge >= 0.3 is 11.9 Å². The summed E-state index contributed by atoms with van der Waals surface area (Å²) in [4.78, 5) is 37.4. The average Bonchev–Trinajstić information content (AvgIpc) is 2.79. The number of anilines is 1. The Balaban J connectivity index is 2.28. The van der Waals surface area contributed by atoms with Crippen LogP contribution in [0.3, 0.4) is 0 Å². The zero-order valence-electron chi connectivity index (χ0n) is 20.2. The van der Waals surface area contributed by atoms with Crippen molar-refractivity contribution >= 4 is 23.3 Å². The summed E-state index contributed by atoms with van der Waals surface area (Å²) < 4.78 is 10.6.